The molecule has 0 fully saturated rings. The largest absolute Gasteiger partial charge is 0.351 e. The molecule has 0 radical (unpaired) electrons. The van der Waals surface area contributed by atoms with Gasteiger partial charge in [0.1, 0.15) is 0 Å². The summed E-state index contributed by atoms with van der Waals surface area (Å²) in [4.78, 5) is 15.0. The second kappa shape index (κ2) is 12.8. The van der Waals surface area contributed by atoms with Crippen molar-refractivity contribution < 1.29 is 14.3 Å². The van der Waals surface area contributed by atoms with E-state index in [-0.39, 0.29) is 11.8 Å². The molecule has 0 aliphatic carbocycles. The highest BCUT2D eigenvalue weighted by atomic mass is 16.7. The van der Waals surface area contributed by atoms with Crippen molar-refractivity contribution in [3.8, 4) is 0 Å². The van der Waals surface area contributed by atoms with Gasteiger partial charge in [-0.05, 0) is 38.2 Å². The third-order valence-corrected chi connectivity index (χ3v) is 4.29. The summed E-state index contributed by atoms with van der Waals surface area (Å²) >= 11 is 0. The van der Waals surface area contributed by atoms with Gasteiger partial charge in [-0.2, -0.15) is 0 Å². The van der Waals surface area contributed by atoms with Crippen LogP contribution in [0.5, 0.6) is 0 Å². The molecule has 0 bridgehead atoms. The molecule has 5 heteroatoms. The average molecular weight is 365 g/mol. The molecule has 26 heavy (non-hydrogen) atoms. The summed E-state index contributed by atoms with van der Waals surface area (Å²) < 4.78 is 11.3. The smallest absolute Gasteiger partial charge is 0.227 e. The van der Waals surface area contributed by atoms with E-state index in [2.05, 4.69) is 26.0 Å². The predicted octanol–water partition coefficient (Wildman–Crippen LogP) is 3.08. The molecule has 0 saturated heterocycles. The Morgan fingerprint density at radius 2 is 1.73 bits per heavy atom. The maximum absolute atomic E-state index is 13.1. The van der Waals surface area contributed by atoms with Gasteiger partial charge in [-0.25, -0.2) is 0 Å². The Morgan fingerprint density at radius 3 is 2.23 bits per heavy atom. The van der Waals surface area contributed by atoms with Crippen molar-refractivity contribution in [2.24, 2.45) is 17.6 Å². The summed E-state index contributed by atoms with van der Waals surface area (Å²) in [5.41, 5.74) is 7.12. The molecule has 1 aromatic carbocycles. The minimum absolute atomic E-state index is 0.0986. The summed E-state index contributed by atoms with van der Waals surface area (Å²) in [5.74, 6) is 0.370. The molecule has 1 aromatic rings. The maximum atomic E-state index is 13.1. The van der Waals surface area contributed by atoms with Gasteiger partial charge in [0.15, 0.2) is 6.29 Å². The molecule has 0 saturated carbocycles. The average Bonchev–Trinajstić information content (AvgIpc) is 2.63. The SMILES string of the molecule is CCOC(CN(CCc1ccccc1)C(=O)[C@@H](CN)CC(C)C)OCC. The number of hydrogen-bond donors (Lipinski definition) is 1. The lowest BCUT2D eigenvalue weighted by Gasteiger charge is -2.31. The van der Waals surface area contributed by atoms with Crippen LogP contribution in [0.2, 0.25) is 0 Å². The van der Waals surface area contributed by atoms with Crippen LogP contribution in [0, 0.1) is 11.8 Å². The number of hydrogen-bond acceptors (Lipinski definition) is 4. The van der Waals surface area contributed by atoms with Gasteiger partial charge in [-0.15, -0.1) is 0 Å². The standard InChI is InChI=1S/C21H36N2O3/c1-5-25-20(26-6-2)16-23(13-12-18-10-8-7-9-11-18)21(24)19(15-22)14-17(3)4/h7-11,17,19-20H,5-6,12-16,22H2,1-4H3/t19-/m1/s1. The normalized spacial score (nSPS) is 12.6. The first-order valence-corrected chi connectivity index (χ1v) is 9.77. The number of rotatable bonds is 13. The molecule has 0 aromatic heterocycles. The Labute approximate surface area is 158 Å². The maximum Gasteiger partial charge on any atom is 0.227 e. The third-order valence-electron chi connectivity index (χ3n) is 4.29. The van der Waals surface area contributed by atoms with Crippen molar-refractivity contribution in [3.05, 3.63) is 35.9 Å². The van der Waals surface area contributed by atoms with Crippen LogP contribution in [-0.2, 0) is 20.7 Å². The highest BCUT2D eigenvalue weighted by molar-refractivity contribution is 5.79. The zero-order chi connectivity index (χ0) is 19.4. The zero-order valence-electron chi connectivity index (χ0n) is 16.8. The summed E-state index contributed by atoms with van der Waals surface area (Å²) in [5, 5.41) is 0. The van der Waals surface area contributed by atoms with E-state index in [9.17, 15) is 4.79 Å². The van der Waals surface area contributed by atoms with Gasteiger partial charge in [0.25, 0.3) is 0 Å². The van der Waals surface area contributed by atoms with Gasteiger partial charge < -0.3 is 20.1 Å². The van der Waals surface area contributed by atoms with Crippen molar-refractivity contribution in [1.82, 2.24) is 4.90 Å². The summed E-state index contributed by atoms with van der Waals surface area (Å²) in [6.07, 6.45) is 1.20. The van der Waals surface area contributed by atoms with E-state index < -0.39 is 6.29 Å². The molecule has 0 aliphatic rings. The van der Waals surface area contributed by atoms with E-state index in [1.807, 2.05) is 36.9 Å². The molecular formula is C21H36N2O3. The van der Waals surface area contributed by atoms with Crippen LogP contribution in [0.4, 0.5) is 0 Å². The van der Waals surface area contributed by atoms with E-state index in [0.717, 1.165) is 12.8 Å². The van der Waals surface area contributed by atoms with Crippen LogP contribution >= 0.6 is 0 Å². The zero-order valence-corrected chi connectivity index (χ0v) is 16.8. The van der Waals surface area contributed by atoms with Crippen molar-refractivity contribution in [1.29, 1.82) is 0 Å². The van der Waals surface area contributed by atoms with Gasteiger partial charge in [0.05, 0.1) is 12.5 Å². The Morgan fingerprint density at radius 1 is 1.12 bits per heavy atom. The number of nitrogens with two attached hydrogens (primary N) is 1. The van der Waals surface area contributed by atoms with Crippen LogP contribution in [0.1, 0.15) is 39.7 Å². The van der Waals surface area contributed by atoms with Crippen molar-refractivity contribution >= 4 is 5.91 Å². The van der Waals surface area contributed by atoms with Crippen molar-refractivity contribution in [2.45, 2.75) is 46.8 Å². The van der Waals surface area contributed by atoms with Gasteiger partial charge in [0, 0.05) is 26.3 Å². The topological polar surface area (TPSA) is 64.8 Å². The minimum Gasteiger partial charge on any atom is -0.351 e. The Kier molecular flexibility index (Phi) is 11.2. The van der Waals surface area contributed by atoms with E-state index in [4.69, 9.17) is 15.2 Å². The molecule has 0 heterocycles. The number of ether oxygens (including phenoxy) is 2. The van der Waals surface area contributed by atoms with Crippen LogP contribution in [0.25, 0.3) is 0 Å². The van der Waals surface area contributed by atoms with Crippen molar-refractivity contribution in [3.63, 3.8) is 0 Å². The lowest BCUT2D eigenvalue weighted by atomic mass is 9.95. The monoisotopic (exact) mass is 364 g/mol. The Bertz CT molecular complexity index is 487. The second-order valence-electron chi connectivity index (χ2n) is 6.92. The number of amides is 1. The molecule has 2 N–H and O–H groups in total. The first-order valence-electron chi connectivity index (χ1n) is 9.77. The van der Waals surface area contributed by atoms with E-state index >= 15 is 0 Å². The molecule has 1 atom stereocenters. The number of benzene rings is 1. The Balaban J connectivity index is 2.85. The van der Waals surface area contributed by atoms with Gasteiger partial charge >= 0.3 is 0 Å². The number of nitrogens with zero attached hydrogens (tertiary/aromatic N) is 1. The van der Waals surface area contributed by atoms with Crippen molar-refractivity contribution in [2.75, 3.05) is 32.8 Å². The minimum atomic E-state index is -0.401. The molecule has 148 valence electrons. The summed E-state index contributed by atoms with van der Waals surface area (Å²) in [6.45, 7) is 10.6. The third kappa shape index (κ3) is 8.30. The van der Waals surface area contributed by atoms with Gasteiger partial charge in [-0.3, -0.25) is 4.79 Å². The second-order valence-corrected chi connectivity index (χ2v) is 6.92. The Hall–Kier alpha value is -1.43. The first-order chi connectivity index (χ1) is 12.5. The van der Waals surface area contributed by atoms with Crippen LogP contribution in [0.15, 0.2) is 30.3 Å². The fourth-order valence-electron chi connectivity index (χ4n) is 3.03. The lowest BCUT2D eigenvalue weighted by Crippen LogP contribution is -2.45. The quantitative estimate of drug-likeness (QED) is 0.546. The molecule has 0 spiro atoms. The molecule has 1 rings (SSSR count). The molecule has 0 aliphatic heterocycles. The predicted molar refractivity (Wildman–Crippen MR) is 106 cm³/mol. The molecule has 0 unspecified atom stereocenters. The number of carbonyl (C=O) groups is 1. The molecular weight excluding hydrogens is 328 g/mol. The molecule has 5 nitrogen and oxygen atoms in total. The highest BCUT2D eigenvalue weighted by Crippen LogP contribution is 2.15. The van der Waals surface area contributed by atoms with Crippen LogP contribution in [0.3, 0.4) is 0 Å². The lowest BCUT2D eigenvalue weighted by molar-refractivity contribution is -0.161. The van der Waals surface area contributed by atoms with Crippen LogP contribution in [-0.4, -0.2) is 49.9 Å². The summed E-state index contributed by atoms with van der Waals surface area (Å²) in [6, 6.07) is 10.2. The van der Waals surface area contributed by atoms with Gasteiger partial charge in [0.2, 0.25) is 5.91 Å². The summed E-state index contributed by atoms with van der Waals surface area (Å²) in [7, 11) is 0. The number of carbonyl (C=O) groups excluding carboxylic acids is 1. The fraction of sp³-hybridized carbons (Fsp3) is 0.667. The van der Waals surface area contributed by atoms with E-state index in [1.54, 1.807) is 0 Å². The fourth-order valence-corrected chi connectivity index (χ4v) is 3.03. The van der Waals surface area contributed by atoms with Gasteiger partial charge in [-0.1, -0.05) is 44.2 Å². The van der Waals surface area contributed by atoms with E-state index in [0.29, 0.717) is 38.8 Å². The van der Waals surface area contributed by atoms with E-state index in [1.165, 1.54) is 5.56 Å². The highest BCUT2D eigenvalue weighted by Gasteiger charge is 2.26. The first kappa shape index (κ1) is 22.6. The van der Waals surface area contributed by atoms with Crippen LogP contribution < -0.4 is 5.73 Å². The molecule has 1 amide bonds.